The van der Waals surface area contributed by atoms with E-state index in [1.807, 2.05) is 0 Å². The molecule has 1 aromatic heterocycles. The Bertz CT molecular complexity index is 472. The molecule has 0 amide bonds. The number of rotatable bonds is 0. The van der Waals surface area contributed by atoms with Crippen molar-refractivity contribution >= 4 is 38.3 Å². The Morgan fingerprint density at radius 2 is 2.08 bits per heavy atom. The third-order valence-electron chi connectivity index (χ3n) is 1.77. The average Bonchev–Trinajstić information content (AvgIpc) is 2.12. The van der Waals surface area contributed by atoms with Crippen LogP contribution in [-0.4, -0.2) is 10.1 Å². The van der Waals surface area contributed by atoms with Gasteiger partial charge in [0.1, 0.15) is 10.9 Å². The quantitative estimate of drug-likeness (QED) is 0.735. The van der Waals surface area contributed by atoms with Gasteiger partial charge in [-0.25, -0.2) is 4.98 Å². The van der Waals surface area contributed by atoms with Crippen LogP contribution in [0.2, 0.25) is 5.15 Å². The summed E-state index contributed by atoms with van der Waals surface area (Å²) in [6, 6.07) is 4.97. The van der Waals surface area contributed by atoms with Crippen LogP contribution in [0.15, 0.2) is 28.9 Å². The molecule has 66 valence electrons. The fourth-order valence-corrected chi connectivity index (χ4v) is 1.81. The summed E-state index contributed by atoms with van der Waals surface area (Å²) in [7, 11) is 0. The summed E-state index contributed by atoms with van der Waals surface area (Å²) in [6.45, 7) is 0. The maximum atomic E-state index is 9.26. The molecule has 0 fully saturated rings. The lowest BCUT2D eigenvalue weighted by Crippen LogP contribution is -1.80. The predicted molar refractivity (Wildman–Crippen MR) is 56.1 cm³/mol. The number of fused-ring (bicyclic) bond motifs is 1. The summed E-state index contributed by atoms with van der Waals surface area (Å²) in [4.78, 5) is 3.97. The zero-order valence-electron chi connectivity index (χ0n) is 6.46. The van der Waals surface area contributed by atoms with Crippen molar-refractivity contribution in [3.05, 3.63) is 34.0 Å². The summed E-state index contributed by atoms with van der Waals surface area (Å²) in [5, 5.41) is 11.4. The van der Waals surface area contributed by atoms with Crippen LogP contribution in [0, 0.1) is 0 Å². The van der Waals surface area contributed by atoms with E-state index < -0.39 is 0 Å². The van der Waals surface area contributed by atoms with E-state index in [9.17, 15) is 5.11 Å². The Morgan fingerprint density at radius 3 is 2.85 bits per heavy atom. The minimum atomic E-state index is 0.218. The van der Waals surface area contributed by atoms with Gasteiger partial charge >= 0.3 is 0 Å². The van der Waals surface area contributed by atoms with Gasteiger partial charge in [-0.15, -0.1) is 0 Å². The van der Waals surface area contributed by atoms with Crippen LogP contribution in [0.4, 0.5) is 0 Å². The maximum Gasteiger partial charge on any atom is 0.136 e. The number of hydrogen-bond donors (Lipinski definition) is 1. The lowest BCUT2D eigenvalue weighted by molar-refractivity contribution is 0.476. The van der Waals surface area contributed by atoms with Gasteiger partial charge in [0, 0.05) is 21.4 Å². The number of nitrogens with zero attached hydrogens (tertiary/aromatic N) is 1. The molecule has 2 aromatic rings. The van der Waals surface area contributed by atoms with Gasteiger partial charge in [0.15, 0.2) is 0 Å². The van der Waals surface area contributed by atoms with Crippen molar-refractivity contribution in [3.8, 4) is 5.75 Å². The second kappa shape index (κ2) is 3.16. The molecular weight excluding hydrogens is 253 g/mol. The Balaban J connectivity index is 2.92. The van der Waals surface area contributed by atoms with Gasteiger partial charge in [0.25, 0.3) is 0 Å². The molecule has 0 saturated heterocycles. The molecule has 0 radical (unpaired) electrons. The molecule has 1 aromatic carbocycles. The van der Waals surface area contributed by atoms with E-state index in [1.54, 1.807) is 24.4 Å². The molecule has 2 rings (SSSR count). The Labute approximate surface area is 88.3 Å². The lowest BCUT2D eigenvalue weighted by Gasteiger charge is -2.02. The standard InChI is InChI=1S/C9H5BrClNO/c10-8-4-12-9(11)6-2-1-5(13)3-7(6)8/h1-4,13H. The van der Waals surface area contributed by atoms with E-state index in [0.717, 1.165) is 15.2 Å². The van der Waals surface area contributed by atoms with Crippen molar-refractivity contribution < 1.29 is 5.11 Å². The molecule has 0 unspecified atom stereocenters. The average molecular weight is 259 g/mol. The first-order valence-corrected chi connectivity index (χ1v) is 4.78. The highest BCUT2D eigenvalue weighted by atomic mass is 79.9. The molecule has 0 aliphatic heterocycles. The molecule has 1 heterocycles. The lowest BCUT2D eigenvalue weighted by atomic mass is 10.2. The highest BCUT2D eigenvalue weighted by Gasteiger charge is 2.04. The highest BCUT2D eigenvalue weighted by Crippen LogP contribution is 2.30. The van der Waals surface area contributed by atoms with Crippen LogP contribution in [-0.2, 0) is 0 Å². The predicted octanol–water partition coefficient (Wildman–Crippen LogP) is 3.36. The fraction of sp³-hybridized carbons (Fsp3) is 0. The molecular formula is C9H5BrClNO. The molecule has 0 bridgehead atoms. The zero-order chi connectivity index (χ0) is 9.42. The van der Waals surface area contributed by atoms with E-state index in [2.05, 4.69) is 20.9 Å². The van der Waals surface area contributed by atoms with Crippen LogP contribution < -0.4 is 0 Å². The number of pyridine rings is 1. The van der Waals surface area contributed by atoms with Gasteiger partial charge < -0.3 is 5.11 Å². The fourth-order valence-electron chi connectivity index (χ4n) is 1.16. The number of aromatic hydroxyl groups is 1. The first-order valence-electron chi connectivity index (χ1n) is 3.61. The molecule has 2 nitrogen and oxygen atoms in total. The SMILES string of the molecule is Oc1ccc2c(Cl)ncc(Br)c2c1. The Morgan fingerprint density at radius 1 is 1.31 bits per heavy atom. The maximum absolute atomic E-state index is 9.26. The van der Waals surface area contributed by atoms with Crippen molar-refractivity contribution in [1.29, 1.82) is 0 Å². The molecule has 1 N–H and O–H groups in total. The number of aromatic nitrogens is 1. The molecule has 0 aliphatic carbocycles. The second-order valence-electron chi connectivity index (χ2n) is 2.63. The third-order valence-corrected chi connectivity index (χ3v) is 2.71. The van der Waals surface area contributed by atoms with Crippen LogP contribution >= 0.6 is 27.5 Å². The summed E-state index contributed by atoms with van der Waals surface area (Å²) >= 11 is 9.20. The molecule has 13 heavy (non-hydrogen) atoms. The van der Waals surface area contributed by atoms with Gasteiger partial charge in [-0.05, 0) is 34.1 Å². The number of benzene rings is 1. The summed E-state index contributed by atoms with van der Waals surface area (Å²) in [5.74, 6) is 0.218. The van der Waals surface area contributed by atoms with E-state index >= 15 is 0 Å². The number of phenols is 1. The monoisotopic (exact) mass is 257 g/mol. The van der Waals surface area contributed by atoms with Gasteiger partial charge in [-0.2, -0.15) is 0 Å². The Hall–Kier alpha value is -0.800. The van der Waals surface area contributed by atoms with Gasteiger partial charge in [-0.1, -0.05) is 11.6 Å². The van der Waals surface area contributed by atoms with Gasteiger partial charge in [-0.3, -0.25) is 0 Å². The molecule has 0 saturated carbocycles. The zero-order valence-corrected chi connectivity index (χ0v) is 8.80. The van der Waals surface area contributed by atoms with E-state index in [0.29, 0.717) is 5.15 Å². The summed E-state index contributed by atoms with van der Waals surface area (Å²) in [5.41, 5.74) is 0. The smallest absolute Gasteiger partial charge is 0.136 e. The van der Waals surface area contributed by atoms with Gasteiger partial charge in [0.05, 0.1) is 0 Å². The van der Waals surface area contributed by atoms with Crippen LogP contribution in [0.1, 0.15) is 0 Å². The number of hydrogen-bond acceptors (Lipinski definition) is 2. The van der Waals surface area contributed by atoms with Crippen molar-refractivity contribution in [1.82, 2.24) is 4.98 Å². The third kappa shape index (κ3) is 1.49. The minimum Gasteiger partial charge on any atom is -0.508 e. The van der Waals surface area contributed by atoms with E-state index in [1.165, 1.54) is 0 Å². The van der Waals surface area contributed by atoms with Crippen LogP contribution in [0.3, 0.4) is 0 Å². The second-order valence-corrected chi connectivity index (χ2v) is 3.84. The van der Waals surface area contributed by atoms with Crippen LogP contribution in [0.25, 0.3) is 10.8 Å². The largest absolute Gasteiger partial charge is 0.508 e. The topological polar surface area (TPSA) is 33.1 Å². The summed E-state index contributed by atoms with van der Waals surface area (Å²) in [6.07, 6.45) is 1.62. The molecule has 0 spiro atoms. The van der Waals surface area contributed by atoms with Crippen molar-refractivity contribution in [3.63, 3.8) is 0 Å². The minimum absolute atomic E-state index is 0.218. The number of phenolic OH excluding ortho intramolecular Hbond substituents is 1. The van der Waals surface area contributed by atoms with E-state index in [-0.39, 0.29) is 5.75 Å². The molecule has 0 atom stereocenters. The summed E-state index contributed by atoms with van der Waals surface area (Å²) < 4.78 is 0.822. The first kappa shape index (κ1) is 8.78. The highest BCUT2D eigenvalue weighted by molar-refractivity contribution is 9.10. The normalized spacial score (nSPS) is 10.6. The van der Waals surface area contributed by atoms with Crippen molar-refractivity contribution in [2.24, 2.45) is 0 Å². The first-order chi connectivity index (χ1) is 6.18. The Kier molecular flexibility index (Phi) is 2.14. The van der Waals surface area contributed by atoms with Crippen LogP contribution in [0.5, 0.6) is 5.75 Å². The van der Waals surface area contributed by atoms with E-state index in [4.69, 9.17) is 11.6 Å². The van der Waals surface area contributed by atoms with Gasteiger partial charge in [0.2, 0.25) is 0 Å². The van der Waals surface area contributed by atoms with Crippen molar-refractivity contribution in [2.75, 3.05) is 0 Å². The molecule has 0 aliphatic rings. The number of halogens is 2. The molecule has 4 heteroatoms. The van der Waals surface area contributed by atoms with Crippen molar-refractivity contribution in [2.45, 2.75) is 0 Å².